The van der Waals surface area contributed by atoms with Crippen molar-refractivity contribution in [2.24, 2.45) is 0 Å². The molecule has 0 saturated carbocycles. The molecule has 3 aromatic rings. The molecular weight excluding hydrogens is 365 g/mol. The number of amides is 1. The van der Waals surface area contributed by atoms with Gasteiger partial charge >= 0.3 is 0 Å². The van der Waals surface area contributed by atoms with E-state index in [1.54, 1.807) is 25.1 Å². The van der Waals surface area contributed by atoms with Crippen molar-refractivity contribution in [3.8, 4) is 5.69 Å². The maximum Gasteiger partial charge on any atom is 0.259 e. The predicted octanol–water partition coefficient (Wildman–Crippen LogP) is 5.35. The zero-order valence-corrected chi connectivity index (χ0v) is 16.3. The summed E-state index contributed by atoms with van der Waals surface area (Å²) in [5.74, 6) is -0.686. The normalized spacial score (nSPS) is 10.9. The smallest absolute Gasteiger partial charge is 0.259 e. The van der Waals surface area contributed by atoms with E-state index < -0.39 is 5.82 Å². The fourth-order valence-electron chi connectivity index (χ4n) is 3.15. The first-order valence-electron chi connectivity index (χ1n) is 8.89. The number of hydrogen-bond donors (Lipinski definition) is 1. The van der Waals surface area contributed by atoms with Crippen LogP contribution in [0.4, 0.5) is 10.1 Å². The predicted molar refractivity (Wildman–Crippen MR) is 106 cm³/mol. The first-order chi connectivity index (χ1) is 13.0. The van der Waals surface area contributed by atoms with Crippen LogP contribution in [-0.4, -0.2) is 15.7 Å². The Balaban J connectivity index is 1.98. The number of aryl methyl sites for hydroxylation is 1. The monoisotopic (exact) mass is 385 g/mol. The number of halogens is 2. The summed E-state index contributed by atoms with van der Waals surface area (Å²) in [6.45, 7) is 5.77. The molecule has 6 heteroatoms. The molecule has 0 unspecified atom stereocenters. The molecule has 140 valence electrons. The van der Waals surface area contributed by atoms with Gasteiger partial charge in [-0.3, -0.25) is 4.79 Å². The first-order valence-corrected chi connectivity index (χ1v) is 9.26. The van der Waals surface area contributed by atoms with Gasteiger partial charge in [0.05, 0.1) is 17.5 Å². The average molecular weight is 386 g/mol. The first kappa shape index (κ1) is 19.1. The number of hydrogen-bond acceptors (Lipinski definition) is 2. The van der Waals surface area contributed by atoms with E-state index in [4.69, 9.17) is 11.6 Å². The van der Waals surface area contributed by atoms with E-state index >= 15 is 0 Å². The van der Waals surface area contributed by atoms with Crippen molar-refractivity contribution in [2.75, 3.05) is 5.32 Å². The fourth-order valence-corrected chi connectivity index (χ4v) is 3.44. The van der Waals surface area contributed by atoms with Gasteiger partial charge in [0, 0.05) is 10.7 Å². The largest absolute Gasteiger partial charge is 0.321 e. The van der Waals surface area contributed by atoms with Gasteiger partial charge in [-0.05, 0) is 49.1 Å². The number of nitrogens with one attached hydrogen (secondary N) is 1. The van der Waals surface area contributed by atoms with Crippen LogP contribution in [0.2, 0.25) is 5.02 Å². The van der Waals surface area contributed by atoms with Crippen molar-refractivity contribution in [1.29, 1.82) is 0 Å². The van der Waals surface area contributed by atoms with Crippen LogP contribution in [0.5, 0.6) is 0 Å². The lowest BCUT2D eigenvalue weighted by Gasteiger charge is -2.16. The summed E-state index contributed by atoms with van der Waals surface area (Å²) < 4.78 is 15.5. The highest BCUT2D eigenvalue weighted by Crippen LogP contribution is 2.30. The topological polar surface area (TPSA) is 46.9 Å². The molecule has 27 heavy (non-hydrogen) atoms. The van der Waals surface area contributed by atoms with Gasteiger partial charge in [-0.1, -0.05) is 43.6 Å². The van der Waals surface area contributed by atoms with Gasteiger partial charge in [0.2, 0.25) is 0 Å². The minimum Gasteiger partial charge on any atom is -0.321 e. The van der Waals surface area contributed by atoms with Crippen LogP contribution in [0.25, 0.3) is 5.69 Å². The van der Waals surface area contributed by atoms with Crippen molar-refractivity contribution in [1.82, 2.24) is 9.78 Å². The van der Waals surface area contributed by atoms with Gasteiger partial charge in [-0.2, -0.15) is 5.10 Å². The molecule has 1 aromatic heterocycles. The molecule has 4 nitrogen and oxygen atoms in total. The average Bonchev–Trinajstić information content (AvgIpc) is 3.04. The summed E-state index contributed by atoms with van der Waals surface area (Å²) in [6, 6.07) is 10.1. The molecule has 0 aliphatic heterocycles. The van der Waals surface area contributed by atoms with Gasteiger partial charge in [0.1, 0.15) is 11.5 Å². The van der Waals surface area contributed by atoms with Crippen molar-refractivity contribution in [2.45, 2.75) is 33.6 Å². The third-order valence-corrected chi connectivity index (χ3v) is 5.00. The molecule has 1 amide bonds. The standard InChI is InChI=1S/C21H21ClFN3O/c1-4-14-10-11-17(22)15(5-2)20(14)25-21(27)16-12-24-26(13(16)3)19-9-7-6-8-18(19)23/h6-12H,4-5H2,1-3H3,(H,25,27). The van der Waals surface area contributed by atoms with E-state index in [1.807, 2.05) is 26.0 Å². The Kier molecular flexibility index (Phi) is 5.61. The summed E-state index contributed by atoms with van der Waals surface area (Å²) in [7, 11) is 0. The molecule has 0 saturated heterocycles. The van der Waals surface area contributed by atoms with E-state index in [0.717, 1.165) is 23.2 Å². The lowest BCUT2D eigenvalue weighted by Crippen LogP contribution is -2.16. The second kappa shape index (κ2) is 7.92. The van der Waals surface area contributed by atoms with Crippen LogP contribution >= 0.6 is 11.6 Å². The molecule has 0 fully saturated rings. The van der Waals surface area contributed by atoms with Crippen LogP contribution in [0.1, 0.15) is 41.0 Å². The summed E-state index contributed by atoms with van der Waals surface area (Å²) in [5.41, 5.74) is 3.93. The number of para-hydroxylation sites is 1. The molecule has 0 spiro atoms. The van der Waals surface area contributed by atoms with E-state index in [-0.39, 0.29) is 5.91 Å². The molecule has 0 aliphatic carbocycles. The molecule has 0 atom stereocenters. The van der Waals surface area contributed by atoms with Gasteiger partial charge in [0.25, 0.3) is 5.91 Å². The van der Waals surface area contributed by atoms with Crippen LogP contribution < -0.4 is 5.32 Å². The second-order valence-corrected chi connectivity index (χ2v) is 6.64. The van der Waals surface area contributed by atoms with Crippen molar-refractivity contribution < 1.29 is 9.18 Å². The Hall–Kier alpha value is -2.66. The highest BCUT2D eigenvalue weighted by atomic mass is 35.5. The third-order valence-electron chi connectivity index (χ3n) is 4.65. The fraction of sp³-hybridized carbons (Fsp3) is 0.238. The van der Waals surface area contributed by atoms with Crippen LogP contribution in [0.15, 0.2) is 42.6 Å². The number of nitrogens with zero attached hydrogens (tertiary/aromatic N) is 2. The minimum absolute atomic E-state index is 0.290. The summed E-state index contributed by atoms with van der Waals surface area (Å²) in [6.07, 6.45) is 2.93. The summed E-state index contributed by atoms with van der Waals surface area (Å²) >= 11 is 6.31. The zero-order valence-electron chi connectivity index (χ0n) is 15.5. The molecule has 1 heterocycles. The van der Waals surface area contributed by atoms with Crippen LogP contribution in [-0.2, 0) is 12.8 Å². The molecule has 0 bridgehead atoms. The number of benzene rings is 2. The second-order valence-electron chi connectivity index (χ2n) is 6.23. The molecule has 0 radical (unpaired) electrons. The number of carbonyl (C=O) groups excluding carboxylic acids is 1. The van der Waals surface area contributed by atoms with Gasteiger partial charge < -0.3 is 5.32 Å². The molecule has 1 N–H and O–H groups in total. The Morgan fingerprint density at radius 3 is 2.59 bits per heavy atom. The van der Waals surface area contributed by atoms with Gasteiger partial charge in [-0.25, -0.2) is 9.07 Å². The van der Waals surface area contributed by atoms with Crippen LogP contribution in [0, 0.1) is 12.7 Å². The quantitative estimate of drug-likeness (QED) is 0.643. The maximum atomic E-state index is 14.1. The van der Waals surface area contributed by atoms with Gasteiger partial charge in [0.15, 0.2) is 0 Å². The Morgan fingerprint density at radius 2 is 1.93 bits per heavy atom. The Bertz CT molecular complexity index is 997. The lowest BCUT2D eigenvalue weighted by molar-refractivity contribution is 0.102. The lowest BCUT2D eigenvalue weighted by atomic mass is 10.0. The zero-order chi connectivity index (χ0) is 19.6. The third kappa shape index (κ3) is 3.60. The maximum absolute atomic E-state index is 14.1. The van der Waals surface area contributed by atoms with E-state index in [2.05, 4.69) is 10.4 Å². The summed E-state index contributed by atoms with van der Waals surface area (Å²) in [4.78, 5) is 12.9. The summed E-state index contributed by atoms with van der Waals surface area (Å²) in [5, 5.41) is 7.82. The minimum atomic E-state index is -0.396. The molecule has 3 rings (SSSR count). The van der Waals surface area contributed by atoms with Crippen molar-refractivity contribution in [3.05, 3.63) is 75.8 Å². The van der Waals surface area contributed by atoms with E-state index in [1.165, 1.54) is 16.9 Å². The molecule has 2 aromatic carbocycles. The Morgan fingerprint density at radius 1 is 1.19 bits per heavy atom. The van der Waals surface area contributed by atoms with Crippen molar-refractivity contribution in [3.63, 3.8) is 0 Å². The highest BCUT2D eigenvalue weighted by molar-refractivity contribution is 6.32. The number of carbonyl (C=O) groups is 1. The Labute approximate surface area is 163 Å². The number of rotatable bonds is 5. The van der Waals surface area contributed by atoms with Crippen LogP contribution in [0.3, 0.4) is 0 Å². The number of aromatic nitrogens is 2. The number of anilines is 1. The van der Waals surface area contributed by atoms with E-state index in [9.17, 15) is 9.18 Å². The van der Waals surface area contributed by atoms with E-state index in [0.29, 0.717) is 28.4 Å². The molecule has 0 aliphatic rings. The highest BCUT2D eigenvalue weighted by Gasteiger charge is 2.19. The van der Waals surface area contributed by atoms with Crippen molar-refractivity contribution >= 4 is 23.2 Å². The SMILES string of the molecule is CCc1ccc(Cl)c(CC)c1NC(=O)c1cnn(-c2ccccc2F)c1C. The molecular formula is C21H21ClFN3O. The van der Waals surface area contributed by atoms with Gasteiger partial charge in [-0.15, -0.1) is 0 Å².